The van der Waals surface area contributed by atoms with Crippen LogP contribution in [0.5, 0.6) is 0 Å². The number of nitrogens with zero attached hydrogens (tertiary/aromatic N) is 1. The van der Waals surface area contributed by atoms with Crippen LogP contribution in [0.4, 0.5) is 4.39 Å². The molecule has 2 bridgehead atoms. The molecule has 5 nitrogen and oxygen atoms in total. The van der Waals surface area contributed by atoms with E-state index in [9.17, 15) is 17.6 Å². The second-order valence-corrected chi connectivity index (χ2v) is 7.98. The molecule has 2 N–H and O–H groups in total. The largest absolute Gasteiger partial charge is 0.335 e. The Morgan fingerprint density at radius 2 is 2.10 bits per heavy atom. The van der Waals surface area contributed by atoms with Crippen LogP contribution in [-0.4, -0.2) is 31.8 Å². The fourth-order valence-corrected chi connectivity index (χ4v) is 4.34. The highest BCUT2D eigenvalue weighted by atomic mass is 79.9. The van der Waals surface area contributed by atoms with E-state index >= 15 is 0 Å². The fraction of sp³-hybridized carbons (Fsp3) is 0.462. The second kappa shape index (κ2) is 5.03. The molecule has 1 saturated carbocycles. The van der Waals surface area contributed by atoms with Crippen molar-refractivity contribution in [1.29, 1.82) is 0 Å². The topological polar surface area (TPSA) is 80.5 Å². The Morgan fingerprint density at radius 3 is 2.62 bits per heavy atom. The number of benzene rings is 1. The molecule has 1 amide bonds. The van der Waals surface area contributed by atoms with Gasteiger partial charge in [-0.15, -0.1) is 0 Å². The molecular formula is C13H14BrFN2O3S. The first-order chi connectivity index (χ1) is 9.77. The third kappa shape index (κ3) is 2.60. The molecule has 1 heterocycles. The zero-order valence-electron chi connectivity index (χ0n) is 11.1. The van der Waals surface area contributed by atoms with Gasteiger partial charge in [-0.3, -0.25) is 4.79 Å². The first kappa shape index (κ1) is 14.9. The van der Waals surface area contributed by atoms with E-state index in [2.05, 4.69) is 15.9 Å². The van der Waals surface area contributed by atoms with Gasteiger partial charge in [0.25, 0.3) is 5.91 Å². The molecule has 2 unspecified atom stereocenters. The summed E-state index contributed by atoms with van der Waals surface area (Å²) in [4.78, 5) is 13.7. The Morgan fingerprint density at radius 1 is 1.38 bits per heavy atom. The standard InChI is InChI=1S/C13H14BrFN2O3S/c14-10-5-11(15)12(21(16,19)20)4-9(10)13(18)17-6-7-1-2-8(17)3-7/h4-5,7-8H,1-3,6H2,(H2,16,19,20). The zero-order chi connectivity index (χ0) is 15.4. The molecule has 1 aliphatic heterocycles. The summed E-state index contributed by atoms with van der Waals surface area (Å²) in [5.74, 6) is -0.723. The van der Waals surface area contributed by atoms with E-state index in [4.69, 9.17) is 5.14 Å². The van der Waals surface area contributed by atoms with Crippen LogP contribution < -0.4 is 5.14 Å². The molecule has 0 spiro atoms. The lowest BCUT2D eigenvalue weighted by Crippen LogP contribution is -2.38. The van der Waals surface area contributed by atoms with Crippen molar-refractivity contribution in [2.75, 3.05) is 6.54 Å². The number of rotatable bonds is 2. The second-order valence-electron chi connectivity index (χ2n) is 5.60. The van der Waals surface area contributed by atoms with E-state index < -0.39 is 20.7 Å². The van der Waals surface area contributed by atoms with Crippen LogP contribution in [0.3, 0.4) is 0 Å². The average Bonchev–Trinajstić information content (AvgIpc) is 2.98. The lowest BCUT2D eigenvalue weighted by Gasteiger charge is -2.27. The predicted molar refractivity (Wildman–Crippen MR) is 77.6 cm³/mol. The Labute approximate surface area is 130 Å². The number of hydrogen-bond acceptors (Lipinski definition) is 3. The Bertz CT molecular complexity index is 722. The molecule has 3 rings (SSSR count). The Hall–Kier alpha value is -0.990. The average molecular weight is 377 g/mol. The zero-order valence-corrected chi connectivity index (χ0v) is 13.5. The Balaban J connectivity index is 2.00. The van der Waals surface area contributed by atoms with Crippen LogP contribution in [-0.2, 0) is 10.0 Å². The summed E-state index contributed by atoms with van der Waals surface area (Å²) in [5.41, 5.74) is 0.132. The molecule has 0 radical (unpaired) electrons. The van der Waals surface area contributed by atoms with Gasteiger partial charge in [-0.1, -0.05) is 0 Å². The molecule has 0 aromatic heterocycles. The van der Waals surface area contributed by atoms with Crippen LogP contribution in [0.2, 0.25) is 0 Å². The van der Waals surface area contributed by atoms with Gasteiger partial charge in [0, 0.05) is 17.1 Å². The van der Waals surface area contributed by atoms with Gasteiger partial charge in [0.2, 0.25) is 10.0 Å². The van der Waals surface area contributed by atoms with Gasteiger partial charge in [0.1, 0.15) is 10.7 Å². The quantitative estimate of drug-likeness (QED) is 0.855. The maximum absolute atomic E-state index is 13.7. The molecule has 114 valence electrons. The van der Waals surface area contributed by atoms with Gasteiger partial charge in [0.15, 0.2) is 0 Å². The van der Waals surface area contributed by atoms with Crippen molar-refractivity contribution < 1.29 is 17.6 Å². The lowest BCUT2D eigenvalue weighted by molar-refractivity contribution is 0.0702. The third-order valence-corrected chi connectivity index (χ3v) is 5.81. The summed E-state index contributed by atoms with van der Waals surface area (Å²) in [6.07, 6.45) is 3.09. The van der Waals surface area contributed by atoms with E-state index in [1.807, 2.05) is 0 Å². The van der Waals surface area contributed by atoms with Crippen LogP contribution in [0.15, 0.2) is 21.5 Å². The van der Waals surface area contributed by atoms with E-state index in [1.54, 1.807) is 4.90 Å². The molecule has 1 aromatic rings. The van der Waals surface area contributed by atoms with Crippen molar-refractivity contribution >= 4 is 31.9 Å². The normalized spacial score (nSPS) is 24.6. The maximum Gasteiger partial charge on any atom is 0.255 e. The van der Waals surface area contributed by atoms with Gasteiger partial charge in [-0.05, 0) is 53.2 Å². The van der Waals surface area contributed by atoms with E-state index in [1.165, 1.54) is 0 Å². The van der Waals surface area contributed by atoms with Crippen molar-refractivity contribution in [1.82, 2.24) is 4.90 Å². The third-order valence-electron chi connectivity index (χ3n) is 4.23. The fourth-order valence-electron chi connectivity index (χ4n) is 3.24. The molecule has 2 aliphatic rings. The minimum atomic E-state index is -4.21. The molecule has 1 saturated heterocycles. The summed E-state index contributed by atoms with van der Waals surface area (Å²) in [7, 11) is -4.21. The van der Waals surface area contributed by atoms with Gasteiger partial charge in [0.05, 0.1) is 5.56 Å². The SMILES string of the molecule is NS(=O)(=O)c1cc(C(=O)N2CC3CCC2C3)c(Br)cc1F. The summed E-state index contributed by atoms with van der Waals surface area (Å²) >= 11 is 3.13. The number of hydrogen-bond donors (Lipinski definition) is 1. The van der Waals surface area contributed by atoms with Gasteiger partial charge >= 0.3 is 0 Å². The minimum Gasteiger partial charge on any atom is -0.335 e. The monoisotopic (exact) mass is 376 g/mol. The van der Waals surface area contributed by atoms with Crippen molar-refractivity contribution in [3.05, 3.63) is 28.0 Å². The number of nitrogens with two attached hydrogens (primary N) is 1. The van der Waals surface area contributed by atoms with Crippen molar-refractivity contribution in [3.8, 4) is 0 Å². The summed E-state index contributed by atoms with van der Waals surface area (Å²) in [6.45, 7) is 0.679. The summed E-state index contributed by atoms with van der Waals surface area (Å²) < 4.78 is 36.7. The number of carbonyl (C=O) groups is 1. The maximum atomic E-state index is 13.7. The van der Waals surface area contributed by atoms with E-state index in [-0.39, 0.29) is 22.0 Å². The van der Waals surface area contributed by atoms with Crippen LogP contribution in [0.25, 0.3) is 0 Å². The van der Waals surface area contributed by atoms with Crippen molar-refractivity contribution in [2.45, 2.75) is 30.2 Å². The first-order valence-electron chi connectivity index (χ1n) is 6.60. The number of sulfonamides is 1. The molecule has 8 heteroatoms. The number of piperidine rings is 1. The number of likely N-dealkylation sites (tertiary alicyclic amines) is 1. The number of carbonyl (C=O) groups excluding carboxylic acids is 1. The number of primary sulfonamides is 1. The molecule has 21 heavy (non-hydrogen) atoms. The number of fused-ring (bicyclic) bond motifs is 2. The smallest absolute Gasteiger partial charge is 0.255 e. The number of amides is 1. The van der Waals surface area contributed by atoms with Gasteiger partial charge in [-0.2, -0.15) is 0 Å². The van der Waals surface area contributed by atoms with Gasteiger partial charge in [-0.25, -0.2) is 17.9 Å². The molecule has 1 aromatic carbocycles. The van der Waals surface area contributed by atoms with E-state index in [0.29, 0.717) is 12.5 Å². The predicted octanol–water partition coefficient (Wildman–Crippen LogP) is 1.86. The van der Waals surface area contributed by atoms with Crippen LogP contribution in [0, 0.1) is 11.7 Å². The lowest BCUT2D eigenvalue weighted by atomic mass is 10.1. The highest BCUT2D eigenvalue weighted by molar-refractivity contribution is 9.10. The summed E-state index contributed by atoms with van der Waals surface area (Å²) in [5, 5.41) is 4.98. The Kier molecular flexibility index (Phi) is 3.58. The molecular weight excluding hydrogens is 363 g/mol. The summed E-state index contributed by atoms with van der Waals surface area (Å²) in [6, 6.07) is 2.20. The molecule has 2 fully saturated rings. The molecule has 1 aliphatic carbocycles. The minimum absolute atomic E-state index is 0.132. The first-order valence-corrected chi connectivity index (χ1v) is 8.94. The van der Waals surface area contributed by atoms with Crippen molar-refractivity contribution in [2.24, 2.45) is 11.1 Å². The van der Waals surface area contributed by atoms with Crippen LogP contribution >= 0.6 is 15.9 Å². The van der Waals surface area contributed by atoms with Crippen LogP contribution in [0.1, 0.15) is 29.6 Å². The van der Waals surface area contributed by atoms with Crippen molar-refractivity contribution in [3.63, 3.8) is 0 Å². The number of halogens is 2. The van der Waals surface area contributed by atoms with Gasteiger partial charge < -0.3 is 4.90 Å². The highest BCUT2D eigenvalue weighted by Gasteiger charge is 2.41. The molecule has 2 atom stereocenters. The highest BCUT2D eigenvalue weighted by Crippen LogP contribution is 2.39. The van der Waals surface area contributed by atoms with E-state index in [0.717, 1.165) is 31.4 Å².